The maximum atomic E-state index is 12.4. The SMILES string of the molecule is CC(C)c1ccc(Cl)cc1.CC(C)c1ccc(F)cc1.CC(C)c1ccccc1Cl. The Morgan fingerprint density at radius 1 is 0.567 bits per heavy atom. The lowest BCUT2D eigenvalue weighted by Gasteiger charge is -2.05. The molecule has 0 atom stereocenters. The molecule has 3 rings (SSSR count). The molecule has 0 aliphatic heterocycles. The molecular weight excluding hydrogens is 414 g/mol. The van der Waals surface area contributed by atoms with Crippen LogP contribution in [0.5, 0.6) is 0 Å². The second kappa shape index (κ2) is 13.5. The van der Waals surface area contributed by atoms with Crippen molar-refractivity contribution in [2.24, 2.45) is 0 Å². The fourth-order valence-electron chi connectivity index (χ4n) is 2.64. The lowest BCUT2D eigenvalue weighted by Crippen LogP contribution is -1.86. The van der Waals surface area contributed by atoms with E-state index in [1.54, 1.807) is 0 Å². The molecule has 162 valence electrons. The molecule has 0 fully saturated rings. The normalized spacial score (nSPS) is 10.4. The first kappa shape index (κ1) is 26.2. The minimum atomic E-state index is -0.163. The zero-order chi connectivity index (χ0) is 22.7. The van der Waals surface area contributed by atoms with Gasteiger partial charge in [0, 0.05) is 10.0 Å². The summed E-state index contributed by atoms with van der Waals surface area (Å²) in [6.07, 6.45) is 0. The van der Waals surface area contributed by atoms with Crippen molar-refractivity contribution >= 4 is 23.2 Å². The van der Waals surface area contributed by atoms with Gasteiger partial charge in [-0.2, -0.15) is 0 Å². The molecule has 3 aromatic rings. The van der Waals surface area contributed by atoms with Crippen LogP contribution >= 0.6 is 23.2 Å². The van der Waals surface area contributed by atoms with Gasteiger partial charge in [0.2, 0.25) is 0 Å². The Balaban J connectivity index is 0.000000225. The Hall–Kier alpha value is -1.83. The van der Waals surface area contributed by atoms with E-state index >= 15 is 0 Å². The first-order valence-electron chi connectivity index (χ1n) is 10.4. The van der Waals surface area contributed by atoms with Gasteiger partial charge in [-0.25, -0.2) is 4.39 Å². The van der Waals surface area contributed by atoms with Crippen LogP contribution in [0.2, 0.25) is 10.0 Å². The van der Waals surface area contributed by atoms with Crippen LogP contribution in [-0.2, 0) is 0 Å². The van der Waals surface area contributed by atoms with Gasteiger partial charge in [-0.15, -0.1) is 0 Å². The monoisotopic (exact) mass is 446 g/mol. The van der Waals surface area contributed by atoms with Gasteiger partial charge in [-0.05, 0) is 64.8 Å². The molecule has 0 N–H and O–H groups in total. The average Bonchev–Trinajstić information content (AvgIpc) is 2.70. The minimum Gasteiger partial charge on any atom is -0.207 e. The van der Waals surface area contributed by atoms with Gasteiger partial charge in [0.05, 0.1) is 0 Å². The first-order chi connectivity index (χ1) is 14.1. The molecule has 0 aliphatic carbocycles. The molecule has 0 unspecified atom stereocenters. The molecule has 3 heteroatoms. The van der Waals surface area contributed by atoms with E-state index in [0.29, 0.717) is 17.8 Å². The summed E-state index contributed by atoms with van der Waals surface area (Å²) < 4.78 is 12.4. The van der Waals surface area contributed by atoms with Crippen LogP contribution in [0.4, 0.5) is 4.39 Å². The van der Waals surface area contributed by atoms with Crippen molar-refractivity contribution in [3.63, 3.8) is 0 Å². The lowest BCUT2D eigenvalue weighted by molar-refractivity contribution is 0.626. The van der Waals surface area contributed by atoms with E-state index in [1.165, 1.54) is 28.8 Å². The molecule has 0 spiro atoms. The van der Waals surface area contributed by atoms with E-state index in [0.717, 1.165) is 10.0 Å². The quantitative estimate of drug-likeness (QED) is 0.375. The zero-order valence-electron chi connectivity index (χ0n) is 18.8. The summed E-state index contributed by atoms with van der Waals surface area (Å²) in [7, 11) is 0. The minimum absolute atomic E-state index is 0.163. The average molecular weight is 447 g/mol. The van der Waals surface area contributed by atoms with Gasteiger partial charge in [0.15, 0.2) is 0 Å². The molecule has 0 saturated carbocycles. The predicted octanol–water partition coefficient (Wildman–Crippen LogP) is 9.88. The van der Waals surface area contributed by atoms with E-state index in [9.17, 15) is 4.39 Å². The van der Waals surface area contributed by atoms with Crippen molar-refractivity contribution in [2.45, 2.75) is 59.3 Å². The first-order valence-corrected chi connectivity index (χ1v) is 11.1. The van der Waals surface area contributed by atoms with E-state index in [1.807, 2.05) is 42.5 Å². The second-order valence-corrected chi connectivity index (χ2v) is 8.93. The molecule has 0 aromatic heterocycles. The van der Waals surface area contributed by atoms with Gasteiger partial charge in [-0.3, -0.25) is 0 Å². The van der Waals surface area contributed by atoms with Crippen LogP contribution < -0.4 is 0 Å². The second-order valence-electron chi connectivity index (χ2n) is 8.09. The number of rotatable bonds is 3. The number of benzene rings is 3. The van der Waals surface area contributed by atoms with Gasteiger partial charge in [0.25, 0.3) is 0 Å². The Kier molecular flexibility index (Phi) is 11.8. The highest BCUT2D eigenvalue weighted by Crippen LogP contribution is 2.22. The van der Waals surface area contributed by atoms with Crippen LogP contribution in [0, 0.1) is 5.82 Å². The Labute approximate surface area is 192 Å². The van der Waals surface area contributed by atoms with Crippen LogP contribution in [-0.4, -0.2) is 0 Å². The van der Waals surface area contributed by atoms with Crippen LogP contribution in [0.1, 0.15) is 76.0 Å². The summed E-state index contributed by atoms with van der Waals surface area (Å²) in [6.45, 7) is 12.8. The van der Waals surface area contributed by atoms with E-state index in [4.69, 9.17) is 23.2 Å². The summed E-state index contributed by atoms with van der Waals surface area (Å²) in [5.74, 6) is 1.44. The van der Waals surface area contributed by atoms with Crippen molar-refractivity contribution in [1.29, 1.82) is 0 Å². The fourth-order valence-corrected chi connectivity index (χ4v) is 3.12. The zero-order valence-corrected chi connectivity index (χ0v) is 20.3. The molecule has 0 radical (unpaired) electrons. The van der Waals surface area contributed by atoms with Crippen molar-refractivity contribution in [3.05, 3.63) is 105 Å². The third-order valence-electron chi connectivity index (χ3n) is 4.60. The summed E-state index contributed by atoms with van der Waals surface area (Å²) in [4.78, 5) is 0. The number of hydrogen-bond donors (Lipinski definition) is 0. The van der Waals surface area contributed by atoms with Crippen LogP contribution in [0.15, 0.2) is 72.8 Å². The molecule has 30 heavy (non-hydrogen) atoms. The Morgan fingerprint density at radius 2 is 1.00 bits per heavy atom. The largest absolute Gasteiger partial charge is 0.207 e. The van der Waals surface area contributed by atoms with Crippen molar-refractivity contribution < 1.29 is 4.39 Å². The van der Waals surface area contributed by atoms with Gasteiger partial charge >= 0.3 is 0 Å². The summed E-state index contributed by atoms with van der Waals surface area (Å²) in [6, 6.07) is 22.6. The van der Waals surface area contributed by atoms with Crippen molar-refractivity contribution in [3.8, 4) is 0 Å². The highest BCUT2D eigenvalue weighted by atomic mass is 35.5. The fraction of sp³-hybridized carbons (Fsp3) is 0.333. The van der Waals surface area contributed by atoms with Crippen molar-refractivity contribution in [2.75, 3.05) is 0 Å². The van der Waals surface area contributed by atoms with Gasteiger partial charge in [0.1, 0.15) is 5.82 Å². The van der Waals surface area contributed by atoms with Gasteiger partial charge < -0.3 is 0 Å². The van der Waals surface area contributed by atoms with Gasteiger partial charge in [-0.1, -0.05) is 107 Å². The third kappa shape index (κ3) is 9.78. The van der Waals surface area contributed by atoms with E-state index < -0.39 is 0 Å². The van der Waals surface area contributed by atoms with Crippen LogP contribution in [0.3, 0.4) is 0 Å². The maximum absolute atomic E-state index is 12.4. The topological polar surface area (TPSA) is 0 Å². The summed E-state index contributed by atoms with van der Waals surface area (Å²) in [5, 5.41) is 1.68. The van der Waals surface area contributed by atoms with Crippen molar-refractivity contribution in [1.82, 2.24) is 0 Å². The summed E-state index contributed by atoms with van der Waals surface area (Å²) in [5.41, 5.74) is 3.75. The molecule has 0 heterocycles. The molecule has 0 saturated heterocycles. The van der Waals surface area contributed by atoms with Crippen LogP contribution in [0.25, 0.3) is 0 Å². The van der Waals surface area contributed by atoms with E-state index in [2.05, 4.69) is 59.7 Å². The molecule has 0 aliphatic rings. The molecule has 0 nitrogen and oxygen atoms in total. The highest BCUT2D eigenvalue weighted by molar-refractivity contribution is 6.31. The maximum Gasteiger partial charge on any atom is 0.123 e. The number of halogens is 3. The molecular formula is C27H33Cl2F. The standard InChI is InChI=1S/2C9H11Cl.C9H11F/c1-7(2)8-3-5-9(10)6-4-8;1-7(2)8-5-3-4-6-9(8)10;1-7(2)8-3-5-9(10)6-4-8/h3*3-7H,1-2H3. The lowest BCUT2D eigenvalue weighted by atomic mass is 10.0. The number of hydrogen-bond acceptors (Lipinski definition) is 0. The van der Waals surface area contributed by atoms with E-state index in [-0.39, 0.29) is 5.82 Å². The Bertz CT molecular complexity index is 801. The molecule has 0 bridgehead atoms. The summed E-state index contributed by atoms with van der Waals surface area (Å²) >= 11 is 11.6. The third-order valence-corrected chi connectivity index (χ3v) is 5.20. The molecule has 0 amide bonds. The highest BCUT2D eigenvalue weighted by Gasteiger charge is 2.01. The Morgan fingerprint density at radius 3 is 1.37 bits per heavy atom. The smallest absolute Gasteiger partial charge is 0.123 e. The predicted molar refractivity (Wildman–Crippen MR) is 132 cm³/mol. The molecule has 3 aromatic carbocycles.